The minimum Gasteiger partial charge on any atom is -0.480 e. The number of aliphatic carboxylic acids is 1. The summed E-state index contributed by atoms with van der Waals surface area (Å²) in [6, 6.07) is -1.14. The fourth-order valence-electron chi connectivity index (χ4n) is 1.50. The molecule has 1 rings (SSSR count). The molecule has 0 aliphatic carbocycles. The highest BCUT2D eigenvalue weighted by Crippen LogP contribution is 2.16. The Morgan fingerprint density at radius 2 is 2.16 bits per heavy atom. The maximum absolute atomic E-state index is 11.9. The molecule has 1 heterocycles. The topological polar surface area (TPSA) is 105 Å². The van der Waals surface area contributed by atoms with E-state index in [1.54, 1.807) is 19.2 Å². The molecule has 7 heteroatoms. The van der Waals surface area contributed by atoms with E-state index >= 15 is 0 Å². The number of hydrogen-bond acceptors (Lipinski definition) is 5. The molecule has 4 N–H and O–H groups in total. The number of nitrogens with one attached hydrogen (secondary N) is 1. The maximum atomic E-state index is 11.9. The molecule has 0 aliphatic rings. The van der Waals surface area contributed by atoms with Gasteiger partial charge in [0, 0.05) is 5.38 Å². The lowest BCUT2D eigenvalue weighted by Gasteiger charge is -2.19. The predicted octanol–water partition coefficient (Wildman–Crippen LogP) is 1.39. The van der Waals surface area contributed by atoms with Crippen molar-refractivity contribution in [3.63, 3.8) is 0 Å². The van der Waals surface area contributed by atoms with Crippen molar-refractivity contribution in [2.75, 3.05) is 0 Å². The van der Waals surface area contributed by atoms with E-state index in [1.165, 1.54) is 11.3 Å². The second kappa shape index (κ2) is 6.63. The second-order valence-electron chi connectivity index (χ2n) is 4.53. The lowest BCUT2D eigenvalue weighted by Crippen LogP contribution is -2.45. The van der Waals surface area contributed by atoms with E-state index in [2.05, 4.69) is 10.3 Å². The van der Waals surface area contributed by atoms with Gasteiger partial charge in [-0.2, -0.15) is 0 Å². The lowest BCUT2D eigenvalue weighted by atomic mass is 9.99. The van der Waals surface area contributed by atoms with Crippen LogP contribution in [0.2, 0.25) is 0 Å². The number of rotatable bonds is 6. The van der Waals surface area contributed by atoms with Crippen LogP contribution >= 0.6 is 11.3 Å². The van der Waals surface area contributed by atoms with Gasteiger partial charge in [0.25, 0.3) is 5.91 Å². The van der Waals surface area contributed by atoms with Crippen LogP contribution in [0, 0.1) is 5.92 Å². The van der Waals surface area contributed by atoms with Gasteiger partial charge in [-0.15, -0.1) is 11.3 Å². The number of carbonyl (C=O) groups excluding carboxylic acids is 1. The quantitative estimate of drug-likeness (QED) is 0.732. The van der Waals surface area contributed by atoms with Crippen molar-refractivity contribution < 1.29 is 14.7 Å². The number of nitrogens with two attached hydrogens (primary N) is 1. The van der Waals surface area contributed by atoms with Gasteiger partial charge in [-0.05, 0) is 12.8 Å². The smallest absolute Gasteiger partial charge is 0.326 e. The van der Waals surface area contributed by atoms with E-state index in [-0.39, 0.29) is 17.7 Å². The van der Waals surface area contributed by atoms with Crippen molar-refractivity contribution in [2.45, 2.75) is 39.3 Å². The van der Waals surface area contributed by atoms with Gasteiger partial charge in [0.2, 0.25) is 0 Å². The third-order valence-corrected chi connectivity index (χ3v) is 3.96. The number of amides is 1. The molecule has 0 aromatic carbocycles. The predicted molar refractivity (Wildman–Crippen MR) is 73.1 cm³/mol. The second-order valence-corrected chi connectivity index (χ2v) is 5.42. The van der Waals surface area contributed by atoms with Crippen LogP contribution in [-0.2, 0) is 4.79 Å². The monoisotopic (exact) mass is 285 g/mol. The van der Waals surface area contributed by atoms with E-state index < -0.39 is 17.9 Å². The number of carboxylic acids is 1. The van der Waals surface area contributed by atoms with E-state index in [0.717, 1.165) is 0 Å². The van der Waals surface area contributed by atoms with Crippen molar-refractivity contribution in [2.24, 2.45) is 11.7 Å². The molecule has 0 saturated carbocycles. The molecule has 0 radical (unpaired) electrons. The minimum absolute atomic E-state index is 0.145. The fourth-order valence-corrected chi connectivity index (χ4v) is 2.26. The normalized spacial score (nSPS) is 15.6. The highest BCUT2D eigenvalue weighted by Gasteiger charge is 2.26. The molecule has 19 heavy (non-hydrogen) atoms. The van der Waals surface area contributed by atoms with Crippen LogP contribution in [0.15, 0.2) is 5.38 Å². The molecule has 3 atom stereocenters. The summed E-state index contributed by atoms with van der Waals surface area (Å²) >= 11 is 1.29. The molecule has 1 amide bonds. The highest BCUT2D eigenvalue weighted by molar-refractivity contribution is 7.09. The molecule has 106 valence electrons. The van der Waals surface area contributed by atoms with E-state index in [1.807, 2.05) is 6.92 Å². The van der Waals surface area contributed by atoms with Crippen LogP contribution in [0.5, 0.6) is 0 Å². The number of nitrogens with zero attached hydrogens (tertiary/aromatic N) is 1. The molecular formula is C12H19N3O3S. The minimum atomic E-state index is -1.04. The summed E-state index contributed by atoms with van der Waals surface area (Å²) in [5, 5.41) is 13.9. The molecule has 6 nitrogen and oxygen atoms in total. The van der Waals surface area contributed by atoms with E-state index in [9.17, 15) is 9.59 Å². The van der Waals surface area contributed by atoms with Gasteiger partial charge in [-0.25, -0.2) is 9.78 Å². The van der Waals surface area contributed by atoms with Gasteiger partial charge in [-0.1, -0.05) is 20.3 Å². The average molecular weight is 285 g/mol. The number of hydrogen-bond donors (Lipinski definition) is 3. The zero-order chi connectivity index (χ0) is 14.6. The third-order valence-electron chi connectivity index (χ3n) is 2.91. The van der Waals surface area contributed by atoms with Gasteiger partial charge in [0.1, 0.15) is 16.7 Å². The Balaban J connectivity index is 2.79. The van der Waals surface area contributed by atoms with Gasteiger partial charge >= 0.3 is 5.97 Å². The van der Waals surface area contributed by atoms with Crippen LogP contribution in [0.25, 0.3) is 0 Å². The Labute approximate surface area is 116 Å². The molecule has 1 aromatic rings. The Morgan fingerprint density at radius 3 is 2.58 bits per heavy atom. The lowest BCUT2D eigenvalue weighted by molar-refractivity contribution is -0.140. The Bertz CT molecular complexity index is 459. The summed E-state index contributed by atoms with van der Waals surface area (Å²) in [6.45, 7) is 5.44. The molecule has 0 fully saturated rings. The molecule has 1 aromatic heterocycles. The van der Waals surface area contributed by atoms with E-state index in [0.29, 0.717) is 11.4 Å². The van der Waals surface area contributed by atoms with Gasteiger partial charge in [0.15, 0.2) is 0 Å². The average Bonchev–Trinajstić information content (AvgIpc) is 2.84. The summed E-state index contributed by atoms with van der Waals surface area (Å²) in [5.74, 6) is -1.66. The first kappa shape index (κ1) is 15.6. The first-order valence-corrected chi connectivity index (χ1v) is 6.99. The van der Waals surface area contributed by atoms with Crippen molar-refractivity contribution in [1.82, 2.24) is 10.3 Å². The Kier molecular flexibility index (Phi) is 5.44. The Hall–Kier alpha value is -1.47. The first-order chi connectivity index (χ1) is 8.86. The van der Waals surface area contributed by atoms with Crippen LogP contribution in [-0.4, -0.2) is 28.0 Å². The summed E-state index contributed by atoms with van der Waals surface area (Å²) in [4.78, 5) is 27.2. The van der Waals surface area contributed by atoms with Gasteiger partial charge in [-0.3, -0.25) is 4.79 Å². The number of thiazole rings is 1. The van der Waals surface area contributed by atoms with Crippen LogP contribution in [0.1, 0.15) is 48.7 Å². The summed E-state index contributed by atoms with van der Waals surface area (Å²) in [7, 11) is 0. The zero-order valence-corrected chi connectivity index (χ0v) is 12.0. The summed E-state index contributed by atoms with van der Waals surface area (Å²) in [6.07, 6.45) is 0.666. The van der Waals surface area contributed by atoms with Crippen LogP contribution < -0.4 is 11.1 Å². The number of carboxylic acid groups (broad SMARTS) is 1. The summed E-state index contributed by atoms with van der Waals surface area (Å²) < 4.78 is 0. The Morgan fingerprint density at radius 1 is 1.53 bits per heavy atom. The summed E-state index contributed by atoms with van der Waals surface area (Å²) in [5.41, 5.74) is 5.88. The molecule has 0 spiro atoms. The highest BCUT2D eigenvalue weighted by atomic mass is 32.1. The van der Waals surface area contributed by atoms with Gasteiger partial charge in [0.05, 0.1) is 6.04 Å². The third kappa shape index (κ3) is 4.00. The SMILES string of the molecule is CCC(C)C(NC(=O)c1csc(C(C)N)n1)C(=O)O. The van der Waals surface area contributed by atoms with Crippen LogP contribution in [0.4, 0.5) is 0 Å². The van der Waals surface area contributed by atoms with E-state index in [4.69, 9.17) is 10.8 Å². The first-order valence-electron chi connectivity index (χ1n) is 6.11. The zero-order valence-electron chi connectivity index (χ0n) is 11.2. The van der Waals surface area contributed by atoms with Crippen molar-refractivity contribution in [3.8, 4) is 0 Å². The molecule has 3 unspecified atom stereocenters. The standard InChI is InChI=1S/C12H19N3O3S/c1-4-6(2)9(12(17)18)15-10(16)8-5-19-11(14-8)7(3)13/h5-7,9H,4,13H2,1-3H3,(H,15,16)(H,17,18). The maximum Gasteiger partial charge on any atom is 0.326 e. The molecule has 0 aliphatic heterocycles. The van der Waals surface area contributed by atoms with Crippen molar-refractivity contribution in [1.29, 1.82) is 0 Å². The van der Waals surface area contributed by atoms with Crippen LogP contribution in [0.3, 0.4) is 0 Å². The molecule has 0 bridgehead atoms. The van der Waals surface area contributed by atoms with Crippen molar-refractivity contribution in [3.05, 3.63) is 16.1 Å². The van der Waals surface area contributed by atoms with Crippen molar-refractivity contribution >= 4 is 23.2 Å². The fraction of sp³-hybridized carbons (Fsp3) is 0.583. The molecular weight excluding hydrogens is 266 g/mol. The number of carbonyl (C=O) groups is 2. The number of aromatic nitrogens is 1. The molecule has 0 saturated heterocycles. The largest absolute Gasteiger partial charge is 0.480 e. The van der Waals surface area contributed by atoms with Gasteiger partial charge < -0.3 is 16.2 Å².